The van der Waals surface area contributed by atoms with E-state index < -0.39 is 6.04 Å². The fourth-order valence-corrected chi connectivity index (χ4v) is 2.59. The maximum absolute atomic E-state index is 11.9. The topological polar surface area (TPSA) is 55.1 Å². The van der Waals surface area contributed by atoms with Gasteiger partial charge in [-0.15, -0.1) is 24.2 Å². The second-order valence-electron chi connectivity index (χ2n) is 4.90. The predicted molar refractivity (Wildman–Crippen MR) is 89.4 cm³/mol. The third-order valence-electron chi connectivity index (χ3n) is 3.20. The highest BCUT2D eigenvalue weighted by Crippen LogP contribution is 2.21. The number of carbonyl (C=O) groups excluding carboxylic acids is 1. The first kappa shape index (κ1) is 19.3. The van der Waals surface area contributed by atoms with Crippen LogP contribution in [0, 0.1) is 5.92 Å². The van der Waals surface area contributed by atoms with Gasteiger partial charge in [-0.05, 0) is 18.1 Å². The monoisotopic (exact) mass is 316 g/mol. The molecule has 3 unspecified atom stereocenters. The molecule has 3 N–H and O–H groups in total. The quantitative estimate of drug-likeness (QED) is 0.760. The molecule has 0 heterocycles. The molecule has 0 saturated heterocycles. The van der Waals surface area contributed by atoms with E-state index in [-0.39, 0.29) is 24.2 Å². The molecule has 20 heavy (non-hydrogen) atoms. The summed E-state index contributed by atoms with van der Waals surface area (Å²) in [5.41, 5.74) is 5.89. The van der Waals surface area contributed by atoms with E-state index >= 15 is 0 Å². The molecule has 1 rings (SSSR count). The summed E-state index contributed by atoms with van der Waals surface area (Å²) in [5, 5.41) is 3.26. The van der Waals surface area contributed by atoms with Crippen molar-refractivity contribution in [1.82, 2.24) is 5.32 Å². The van der Waals surface area contributed by atoms with Crippen molar-refractivity contribution in [2.75, 3.05) is 6.54 Å². The smallest absolute Gasteiger partial charge is 0.237 e. The number of nitrogens with two attached hydrogens (primary N) is 1. The zero-order valence-electron chi connectivity index (χ0n) is 12.3. The van der Waals surface area contributed by atoms with E-state index in [2.05, 4.69) is 24.4 Å². The van der Waals surface area contributed by atoms with Gasteiger partial charge in [0.05, 0.1) is 6.04 Å². The summed E-state index contributed by atoms with van der Waals surface area (Å²) in [6.45, 7) is 6.80. The molecule has 0 aliphatic heterocycles. The van der Waals surface area contributed by atoms with Gasteiger partial charge in [0.2, 0.25) is 5.91 Å². The Hall–Kier alpha value is -0.710. The first-order valence-corrected chi connectivity index (χ1v) is 7.67. The Balaban J connectivity index is 0.00000361. The number of halogens is 1. The lowest BCUT2D eigenvalue weighted by atomic mass is 9.99. The Morgan fingerprint density at radius 3 is 2.45 bits per heavy atom. The molecule has 1 aromatic rings. The second-order valence-corrected chi connectivity index (χ2v) is 6.41. The summed E-state index contributed by atoms with van der Waals surface area (Å²) in [7, 11) is 0. The van der Waals surface area contributed by atoms with E-state index in [4.69, 9.17) is 5.73 Å². The summed E-state index contributed by atoms with van der Waals surface area (Å²) in [6.07, 6.45) is 0.920. The van der Waals surface area contributed by atoms with Crippen LogP contribution < -0.4 is 11.1 Å². The predicted octanol–water partition coefficient (Wildman–Crippen LogP) is 3.08. The molecule has 0 spiro atoms. The van der Waals surface area contributed by atoms with Crippen LogP contribution in [0.5, 0.6) is 0 Å². The second kappa shape index (κ2) is 10.1. The summed E-state index contributed by atoms with van der Waals surface area (Å²) < 4.78 is 0. The minimum Gasteiger partial charge on any atom is -0.354 e. The molecule has 114 valence electrons. The number of benzene rings is 1. The Morgan fingerprint density at radius 2 is 1.90 bits per heavy atom. The van der Waals surface area contributed by atoms with Crippen LogP contribution in [0.25, 0.3) is 0 Å². The molecule has 0 fully saturated rings. The molecule has 0 radical (unpaired) electrons. The van der Waals surface area contributed by atoms with Crippen molar-refractivity contribution >= 4 is 30.1 Å². The maximum atomic E-state index is 11.9. The maximum Gasteiger partial charge on any atom is 0.237 e. The Bertz CT molecular complexity index is 389. The van der Waals surface area contributed by atoms with Crippen molar-refractivity contribution in [3.05, 3.63) is 30.3 Å². The zero-order valence-corrected chi connectivity index (χ0v) is 14.0. The van der Waals surface area contributed by atoms with E-state index in [0.29, 0.717) is 11.8 Å². The minimum absolute atomic E-state index is 0. The van der Waals surface area contributed by atoms with Crippen LogP contribution in [0.15, 0.2) is 35.2 Å². The average Bonchev–Trinajstić information content (AvgIpc) is 2.44. The number of hydrogen-bond acceptors (Lipinski definition) is 3. The number of amides is 1. The first-order valence-electron chi connectivity index (χ1n) is 6.79. The normalized spacial score (nSPS) is 14.8. The van der Waals surface area contributed by atoms with E-state index in [0.717, 1.165) is 6.42 Å². The third kappa shape index (κ3) is 6.64. The van der Waals surface area contributed by atoms with Gasteiger partial charge in [0, 0.05) is 16.7 Å². The summed E-state index contributed by atoms with van der Waals surface area (Å²) in [6, 6.07) is 9.79. The summed E-state index contributed by atoms with van der Waals surface area (Å²) in [4.78, 5) is 13.1. The van der Waals surface area contributed by atoms with Crippen molar-refractivity contribution in [3.63, 3.8) is 0 Å². The lowest BCUT2D eigenvalue weighted by molar-refractivity contribution is -0.123. The summed E-state index contributed by atoms with van der Waals surface area (Å²) in [5.74, 6) is 0.173. The molecule has 0 aliphatic carbocycles. The molecule has 3 atom stereocenters. The fraction of sp³-hybridized carbons (Fsp3) is 0.533. The largest absolute Gasteiger partial charge is 0.354 e. The number of rotatable bonds is 7. The van der Waals surface area contributed by atoms with Gasteiger partial charge in [-0.1, -0.05) is 45.4 Å². The van der Waals surface area contributed by atoms with Crippen LogP contribution in [0.1, 0.15) is 27.2 Å². The summed E-state index contributed by atoms with van der Waals surface area (Å²) >= 11 is 1.76. The lowest BCUT2D eigenvalue weighted by Crippen LogP contribution is -2.46. The van der Waals surface area contributed by atoms with Crippen LogP contribution in [-0.2, 0) is 4.79 Å². The van der Waals surface area contributed by atoms with Gasteiger partial charge < -0.3 is 11.1 Å². The van der Waals surface area contributed by atoms with E-state index in [1.54, 1.807) is 11.8 Å². The Labute approximate surface area is 132 Å². The molecule has 5 heteroatoms. The van der Waals surface area contributed by atoms with Crippen LogP contribution in [0.2, 0.25) is 0 Å². The average molecular weight is 317 g/mol. The minimum atomic E-state index is -0.404. The van der Waals surface area contributed by atoms with Crippen molar-refractivity contribution in [2.45, 2.75) is 43.4 Å². The molecular weight excluding hydrogens is 292 g/mol. The van der Waals surface area contributed by atoms with E-state index in [9.17, 15) is 4.79 Å². The highest BCUT2D eigenvalue weighted by Gasteiger charge is 2.19. The fourth-order valence-electron chi connectivity index (χ4n) is 1.65. The molecule has 0 saturated carbocycles. The standard InChI is InChI=1S/C15H24N2OS.ClH/c1-4-11(2)14(16)15(18)17-10-12(3)19-13-8-6-5-7-9-13;/h5-9,11-12,14H,4,10,16H2,1-3H3,(H,17,18);1H. The number of thioether (sulfide) groups is 1. The molecule has 1 aromatic carbocycles. The highest BCUT2D eigenvalue weighted by atomic mass is 35.5. The van der Waals surface area contributed by atoms with Gasteiger partial charge >= 0.3 is 0 Å². The Kier molecular flexibility index (Phi) is 9.72. The van der Waals surface area contributed by atoms with Crippen LogP contribution in [-0.4, -0.2) is 23.7 Å². The molecule has 0 aliphatic rings. The number of nitrogens with one attached hydrogen (secondary N) is 1. The SMILES string of the molecule is CCC(C)C(N)C(=O)NCC(C)Sc1ccccc1.Cl. The first-order chi connectivity index (χ1) is 9.04. The van der Waals surface area contributed by atoms with Crippen molar-refractivity contribution in [2.24, 2.45) is 11.7 Å². The molecular formula is C15H25ClN2OS. The van der Waals surface area contributed by atoms with Gasteiger partial charge in [0.15, 0.2) is 0 Å². The number of hydrogen-bond donors (Lipinski definition) is 2. The van der Waals surface area contributed by atoms with Crippen LogP contribution in [0.4, 0.5) is 0 Å². The molecule has 0 aromatic heterocycles. The van der Waals surface area contributed by atoms with Gasteiger partial charge in [0.25, 0.3) is 0 Å². The van der Waals surface area contributed by atoms with Crippen molar-refractivity contribution < 1.29 is 4.79 Å². The van der Waals surface area contributed by atoms with Gasteiger partial charge in [0.1, 0.15) is 0 Å². The van der Waals surface area contributed by atoms with Gasteiger partial charge in [-0.25, -0.2) is 0 Å². The van der Waals surface area contributed by atoms with Gasteiger partial charge in [-0.2, -0.15) is 0 Å². The molecule has 1 amide bonds. The van der Waals surface area contributed by atoms with Crippen LogP contribution >= 0.6 is 24.2 Å². The van der Waals surface area contributed by atoms with Crippen LogP contribution in [0.3, 0.4) is 0 Å². The van der Waals surface area contributed by atoms with Crippen molar-refractivity contribution in [1.29, 1.82) is 0 Å². The molecule has 3 nitrogen and oxygen atoms in total. The zero-order chi connectivity index (χ0) is 14.3. The Morgan fingerprint density at radius 1 is 1.30 bits per heavy atom. The van der Waals surface area contributed by atoms with E-state index in [1.165, 1.54) is 4.90 Å². The number of carbonyl (C=O) groups is 1. The van der Waals surface area contributed by atoms with Crippen molar-refractivity contribution in [3.8, 4) is 0 Å². The molecule has 0 bridgehead atoms. The third-order valence-corrected chi connectivity index (χ3v) is 4.32. The highest BCUT2D eigenvalue weighted by molar-refractivity contribution is 8.00. The van der Waals surface area contributed by atoms with E-state index in [1.807, 2.05) is 32.0 Å². The van der Waals surface area contributed by atoms with Gasteiger partial charge in [-0.3, -0.25) is 4.79 Å². The lowest BCUT2D eigenvalue weighted by Gasteiger charge is -2.19.